The molecule has 0 aliphatic carbocycles. The molecular formula is C17H20N2O3. The van der Waals surface area contributed by atoms with Crippen LogP contribution >= 0.6 is 0 Å². The van der Waals surface area contributed by atoms with Crippen molar-refractivity contribution >= 4 is 5.91 Å². The predicted molar refractivity (Wildman–Crippen MR) is 84.4 cm³/mol. The summed E-state index contributed by atoms with van der Waals surface area (Å²) in [7, 11) is 1.70. The van der Waals surface area contributed by atoms with E-state index in [-0.39, 0.29) is 30.7 Å². The number of benzene rings is 1. The minimum atomic E-state index is -0.210. The normalized spacial score (nSPS) is 11.9. The fraction of sp³-hybridized carbons (Fsp3) is 0.294. The molecule has 0 aliphatic heterocycles. The van der Waals surface area contributed by atoms with E-state index in [4.69, 9.17) is 0 Å². The molecule has 1 unspecified atom stereocenters. The second kappa shape index (κ2) is 7.56. The van der Waals surface area contributed by atoms with Crippen molar-refractivity contribution in [1.29, 1.82) is 0 Å². The molecule has 1 atom stereocenters. The van der Waals surface area contributed by atoms with E-state index in [1.54, 1.807) is 30.3 Å². The number of aliphatic hydroxyl groups excluding tert-OH is 1. The third kappa shape index (κ3) is 3.83. The van der Waals surface area contributed by atoms with E-state index in [1.807, 2.05) is 30.3 Å². The molecule has 0 saturated heterocycles. The van der Waals surface area contributed by atoms with E-state index in [9.17, 15) is 14.7 Å². The van der Waals surface area contributed by atoms with Gasteiger partial charge in [0.2, 0.25) is 5.91 Å². The van der Waals surface area contributed by atoms with Crippen molar-refractivity contribution in [2.75, 3.05) is 13.7 Å². The molecule has 0 fully saturated rings. The van der Waals surface area contributed by atoms with Crippen LogP contribution in [0.4, 0.5) is 0 Å². The third-order valence-corrected chi connectivity index (χ3v) is 3.65. The Balaban J connectivity index is 2.16. The van der Waals surface area contributed by atoms with Crippen molar-refractivity contribution in [3.63, 3.8) is 0 Å². The van der Waals surface area contributed by atoms with Gasteiger partial charge in [0, 0.05) is 25.9 Å². The molecule has 1 aromatic carbocycles. The maximum absolute atomic E-state index is 12.4. The molecule has 5 heteroatoms. The van der Waals surface area contributed by atoms with Gasteiger partial charge < -0.3 is 14.6 Å². The molecule has 1 amide bonds. The van der Waals surface area contributed by atoms with Crippen molar-refractivity contribution in [3.05, 3.63) is 70.6 Å². The second-order valence-electron chi connectivity index (χ2n) is 5.11. The van der Waals surface area contributed by atoms with Crippen LogP contribution in [-0.2, 0) is 11.3 Å². The number of pyridine rings is 1. The van der Waals surface area contributed by atoms with Crippen LogP contribution in [0.1, 0.15) is 18.0 Å². The van der Waals surface area contributed by atoms with E-state index in [0.717, 1.165) is 5.56 Å². The molecule has 2 rings (SSSR count). The van der Waals surface area contributed by atoms with Gasteiger partial charge in [-0.05, 0) is 18.1 Å². The summed E-state index contributed by atoms with van der Waals surface area (Å²) in [5, 5.41) is 9.27. The van der Waals surface area contributed by atoms with Gasteiger partial charge in [0.05, 0.1) is 6.04 Å². The van der Waals surface area contributed by atoms with Gasteiger partial charge >= 0.3 is 0 Å². The van der Waals surface area contributed by atoms with Crippen LogP contribution in [0.5, 0.6) is 0 Å². The quantitative estimate of drug-likeness (QED) is 0.878. The van der Waals surface area contributed by atoms with Crippen LogP contribution in [0, 0.1) is 0 Å². The molecule has 0 spiro atoms. The summed E-state index contributed by atoms with van der Waals surface area (Å²) < 4.78 is 1.37. The largest absolute Gasteiger partial charge is 0.396 e. The number of carbonyl (C=O) groups excluding carboxylic acids is 1. The third-order valence-electron chi connectivity index (χ3n) is 3.65. The zero-order valence-corrected chi connectivity index (χ0v) is 12.6. The van der Waals surface area contributed by atoms with E-state index in [0.29, 0.717) is 6.42 Å². The Hall–Kier alpha value is -2.40. The molecule has 0 bridgehead atoms. The number of hydrogen-bond acceptors (Lipinski definition) is 3. The van der Waals surface area contributed by atoms with Gasteiger partial charge in [-0.1, -0.05) is 36.4 Å². The van der Waals surface area contributed by atoms with Gasteiger partial charge in [-0.25, -0.2) is 0 Å². The second-order valence-corrected chi connectivity index (χ2v) is 5.11. The standard InChI is InChI=1S/C17H20N2O3/c1-18(15(10-12-20)14-7-3-2-4-8-14)17(22)13-19-11-6-5-9-16(19)21/h2-9,11,15,20H,10,12-13H2,1H3. The number of nitrogens with zero attached hydrogens (tertiary/aromatic N) is 2. The number of aromatic nitrogens is 1. The molecule has 1 N–H and O–H groups in total. The number of rotatable bonds is 6. The monoisotopic (exact) mass is 300 g/mol. The zero-order chi connectivity index (χ0) is 15.9. The number of likely N-dealkylation sites (N-methyl/N-ethyl adjacent to an activating group) is 1. The number of hydrogen-bond donors (Lipinski definition) is 1. The highest BCUT2D eigenvalue weighted by Gasteiger charge is 2.21. The topological polar surface area (TPSA) is 62.5 Å². The molecule has 5 nitrogen and oxygen atoms in total. The van der Waals surface area contributed by atoms with E-state index < -0.39 is 0 Å². The van der Waals surface area contributed by atoms with Gasteiger partial charge in [0.25, 0.3) is 5.56 Å². The van der Waals surface area contributed by atoms with Crippen LogP contribution < -0.4 is 5.56 Å². The van der Waals surface area contributed by atoms with E-state index in [2.05, 4.69) is 0 Å². The van der Waals surface area contributed by atoms with Gasteiger partial charge in [0.15, 0.2) is 0 Å². The molecular weight excluding hydrogens is 280 g/mol. The van der Waals surface area contributed by atoms with Crippen molar-refractivity contribution in [1.82, 2.24) is 9.47 Å². The smallest absolute Gasteiger partial charge is 0.250 e. The maximum Gasteiger partial charge on any atom is 0.250 e. The maximum atomic E-state index is 12.4. The Kier molecular flexibility index (Phi) is 5.49. The number of carbonyl (C=O) groups is 1. The fourth-order valence-corrected chi connectivity index (χ4v) is 2.40. The number of amides is 1. The summed E-state index contributed by atoms with van der Waals surface area (Å²) in [5.74, 6) is -0.171. The average Bonchev–Trinajstić information content (AvgIpc) is 2.55. The van der Waals surface area contributed by atoms with Crippen LogP contribution in [-0.4, -0.2) is 34.1 Å². The Morgan fingerprint density at radius 1 is 1.18 bits per heavy atom. The van der Waals surface area contributed by atoms with Gasteiger partial charge in [-0.15, -0.1) is 0 Å². The first-order valence-electron chi connectivity index (χ1n) is 7.20. The first kappa shape index (κ1) is 16.0. The zero-order valence-electron chi connectivity index (χ0n) is 12.6. The van der Waals surface area contributed by atoms with Gasteiger partial charge in [-0.2, -0.15) is 0 Å². The molecule has 2 aromatic rings. The van der Waals surface area contributed by atoms with Crippen molar-refractivity contribution in [2.45, 2.75) is 19.0 Å². The minimum absolute atomic E-state index is 0.00899. The Bertz CT molecular complexity index is 667. The molecule has 1 heterocycles. The molecule has 116 valence electrons. The SMILES string of the molecule is CN(C(=O)Cn1ccccc1=O)C(CCO)c1ccccc1. The predicted octanol–water partition coefficient (Wildman–Crippen LogP) is 1.43. The van der Waals surface area contributed by atoms with Gasteiger partial charge in [-0.3, -0.25) is 9.59 Å². The Morgan fingerprint density at radius 2 is 1.86 bits per heavy atom. The summed E-state index contributed by atoms with van der Waals surface area (Å²) in [6.07, 6.45) is 2.05. The summed E-state index contributed by atoms with van der Waals surface area (Å²) in [5.41, 5.74) is 0.760. The lowest BCUT2D eigenvalue weighted by atomic mass is 10.0. The lowest BCUT2D eigenvalue weighted by Gasteiger charge is -2.28. The van der Waals surface area contributed by atoms with Crippen LogP contribution in [0.3, 0.4) is 0 Å². The first-order valence-corrected chi connectivity index (χ1v) is 7.20. The first-order chi connectivity index (χ1) is 10.6. The average molecular weight is 300 g/mol. The number of aliphatic hydroxyl groups is 1. The summed E-state index contributed by atoms with van der Waals surface area (Å²) in [6, 6.07) is 14.2. The summed E-state index contributed by atoms with van der Waals surface area (Å²) >= 11 is 0. The molecule has 0 radical (unpaired) electrons. The Morgan fingerprint density at radius 3 is 2.50 bits per heavy atom. The van der Waals surface area contributed by atoms with E-state index in [1.165, 1.54) is 10.6 Å². The van der Waals surface area contributed by atoms with E-state index >= 15 is 0 Å². The van der Waals surface area contributed by atoms with Crippen molar-refractivity contribution in [2.24, 2.45) is 0 Å². The summed E-state index contributed by atoms with van der Waals surface area (Å²) in [6.45, 7) is -0.0204. The lowest BCUT2D eigenvalue weighted by molar-refractivity contribution is -0.133. The van der Waals surface area contributed by atoms with Crippen LogP contribution in [0.25, 0.3) is 0 Å². The van der Waals surface area contributed by atoms with Crippen LogP contribution in [0.15, 0.2) is 59.5 Å². The summed E-state index contributed by atoms with van der Waals surface area (Å²) in [4.78, 5) is 25.7. The molecule has 0 saturated carbocycles. The van der Waals surface area contributed by atoms with Crippen molar-refractivity contribution < 1.29 is 9.90 Å². The Labute approximate surface area is 129 Å². The van der Waals surface area contributed by atoms with Crippen molar-refractivity contribution in [3.8, 4) is 0 Å². The highest BCUT2D eigenvalue weighted by Crippen LogP contribution is 2.22. The van der Waals surface area contributed by atoms with Gasteiger partial charge in [0.1, 0.15) is 6.54 Å². The molecule has 22 heavy (non-hydrogen) atoms. The molecule has 0 aliphatic rings. The minimum Gasteiger partial charge on any atom is -0.396 e. The molecule has 1 aromatic heterocycles. The lowest BCUT2D eigenvalue weighted by Crippen LogP contribution is -2.36. The highest BCUT2D eigenvalue weighted by atomic mass is 16.3. The van der Waals surface area contributed by atoms with Crippen LogP contribution in [0.2, 0.25) is 0 Å². The highest BCUT2D eigenvalue weighted by molar-refractivity contribution is 5.76. The fourth-order valence-electron chi connectivity index (χ4n) is 2.40.